The molecule has 7 nitrogen and oxygen atoms in total. The van der Waals surface area contributed by atoms with Crippen molar-refractivity contribution in [2.24, 2.45) is 5.92 Å². The van der Waals surface area contributed by atoms with Crippen molar-refractivity contribution in [2.75, 3.05) is 24.3 Å². The van der Waals surface area contributed by atoms with E-state index in [4.69, 9.17) is 0 Å². The third-order valence-electron chi connectivity index (χ3n) is 5.15. The molecule has 9 heteroatoms. The van der Waals surface area contributed by atoms with E-state index in [1.165, 1.54) is 29.5 Å². The number of anilines is 2. The molecule has 1 aromatic heterocycles. The lowest BCUT2D eigenvalue weighted by molar-refractivity contribution is -0.119. The summed E-state index contributed by atoms with van der Waals surface area (Å²) in [6, 6.07) is 12.4. The Bertz CT molecular complexity index is 1080. The van der Waals surface area contributed by atoms with Gasteiger partial charge in [-0.05, 0) is 48.4 Å². The first kappa shape index (κ1) is 23.3. The van der Waals surface area contributed by atoms with Crippen molar-refractivity contribution in [3.8, 4) is 10.6 Å². The van der Waals surface area contributed by atoms with Crippen LogP contribution in [0.1, 0.15) is 30.6 Å². The van der Waals surface area contributed by atoms with Crippen LogP contribution in [-0.4, -0.2) is 42.1 Å². The largest absolute Gasteiger partial charge is 0.378 e. The van der Waals surface area contributed by atoms with Crippen molar-refractivity contribution < 1.29 is 14.0 Å². The van der Waals surface area contributed by atoms with E-state index in [0.29, 0.717) is 16.6 Å². The van der Waals surface area contributed by atoms with E-state index >= 15 is 0 Å². The first-order valence-corrected chi connectivity index (χ1v) is 11.1. The molecule has 0 aliphatic carbocycles. The van der Waals surface area contributed by atoms with E-state index in [1.807, 2.05) is 57.1 Å². The van der Waals surface area contributed by atoms with Gasteiger partial charge in [-0.2, -0.15) is 0 Å². The van der Waals surface area contributed by atoms with Crippen molar-refractivity contribution >= 4 is 34.0 Å². The molecule has 2 aromatic carbocycles. The lowest BCUT2D eigenvalue weighted by atomic mass is 9.98. The van der Waals surface area contributed by atoms with Crippen molar-refractivity contribution in [3.05, 3.63) is 59.9 Å². The molecule has 0 saturated carbocycles. The van der Waals surface area contributed by atoms with E-state index in [2.05, 4.69) is 20.8 Å². The van der Waals surface area contributed by atoms with E-state index in [1.54, 1.807) is 0 Å². The zero-order valence-corrected chi connectivity index (χ0v) is 19.2. The quantitative estimate of drug-likeness (QED) is 0.532. The summed E-state index contributed by atoms with van der Waals surface area (Å²) in [5.41, 5.74) is 2.12. The summed E-state index contributed by atoms with van der Waals surface area (Å²) in [6.45, 7) is 3.80. The average Bonchev–Trinajstić information content (AvgIpc) is 3.25. The van der Waals surface area contributed by atoms with Crippen LogP contribution in [0.3, 0.4) is 0 Å². The maximum Gasteiger partial charge on any atom is 0.252 e. The van der Waals surface area contributed by atoms with Crippen LogP contribution in [0.25, 0.3) is 10.6 Å². The number of hydrogen-bond donors (Lipinski definition) is 2. The summed E-state index contributed by atoms with van der Waals surface area (Å²) in [7, 11) is 3.93. The molecule has 0 fully saturated rings. The van der Waals surface area contributed by atoms with Crippen LogP contribution in [0.2, 0.25) is 0 Å². The van der Waals surface area contributed by atoms with Crippen molar-refractivity contribution in [1.82, 2.24) is 15.5 Å². The molecule has 2 N–H and O–H groups in total. The molecule has 3 rings (SSSR count). The number of benzene rings is 2. The average molecular weight is 456 g/mol. The molecule has 1 heterocycles. The fourth-order valence-electron chi connectivity index (χ4n) is 3.03. The standard InChI is InChI=1S/C23H26FN5O2S/c1-5-14(2)19(25-20(30)16-7-6-8-17(24)13-16)21(31)26-23-28-27-22(32-23)15-9-11-18(12-10-15)29(3)4/h6-14,19H,5H2,1-4H3,(H,25,30)(H,26,28,31). The summed E-state index contributed by atoms with van der Waals surface area (Å²) < 4.78 is 13.5. The number of nitrogens with zero attached hydrogens (tertiary/aromatic N) is 3. The Labute approximate surface area is 190 Å². The first-order chi connectivity index (χ1) is 15.3. The lowest BCUT2D eigenvalue weighted by Gasteiger charge is -2.23. The van der Waals surface area contributed by atoms with Gasteiger partial charge in [-0.15, -0.1) is 10.2 Å². The smallest absolute Gasteiger partial charge is 0.252 e. The van der Waals surface area contributed by atoms with E-state index in [-0.39, 0.29) is 11.5 Å². The number of carbonyl (C=O) groups is 2. The van der Waals surface area contributed by atoms with Gasteiger partial charge >= 0.3 is 0 Å². The van der Waals surface area contributed by atoms with Crippen LogP contribution in [0.5, 0.6) is 0 Å². The van der Waals surface area contributed by atoms with Gasteiger partial charge in [0.15, 0.2) is 0 Å². The van der Waals surface area contributed by atoms with Gasteiger partial charge in [0.2, 0.25) is 11.0 Å². The van der Waals surface area contributed by atoms with Gasteiger partial charge in [0.05, 0.1) is 0 Å². The van der Waals surface area contributed by atoms with Gasteiger partial charge in [-0.1, -0.05) is 37.7 Å². The summed E-state index contributed by atoms with van der Waals surface area (Å²) in [6.07, 6.45) is 0.668. The van der Waals surface area contributed by atoms with Crippen molar-refractivity contribution in [2.45, 2.75) is 26.3 Å². The van der Waals surface area contributed by atoms with Crippen LogP contribution < -0.4 is 15.5 Å². The highest BCUT2D eigenvalue weighted by Crippen LogP contribution is 2.28. The Morgan fingerprint density at radius 2 is 1.84 bits per heavy atom. The molecule has 0 bridgehead atoms. The molecular formula is C23H26FN5O2S. The highest BCUT2D eigenvalue weighted by Gasteiger charge is 2.27. The minimum absolute atomic E-state index is 0.140. The molecule has 0 aliphatic rings. The molecule has 168 valence electrons. The van der Waals surface area contributed by atoms with Crippen LogP contribution in [0, 0.1) is 11.7 Å². The summed E-state index contributed by atoms with van der Waals surface area (Å²) in [4.78, 5) is 27.5. The zero-order chi connectivity index (χ0) is 23.3. The molecule has 0 spiro atoms. The SMILES string of the molecule is CCC(C)C(NC(=O)c1cccc(F)c1)C(=O)Nc1nnc(-c2ccc(N(C)C)cc2)s1. The number of rotatable bonds is 8. The van der Waals surface area contributed by atoms with E-state index in [0.717, 1.165) is 17.3 Å². The highest BCUT2D eigenvalue weighted by molar-refractivity contribution is 7.18. The molecular weight excluding hydrogens is 429 g/mol. The number of amides is 2. The highest BCUT2D eigenvalue weighted by atomic mass is 32.1. The number of halogens is 1. The predicted molar refractivity (Wildman–Crippen MR) is 125 cm³/mol. The molecule has 2 unspecified atom stereocenters. The summed E-state index contributed by atoms with van der Waals surface area (Å²) >= 11 is 1.25. The lowest BCUT2D eigenvalue weighted by Crippen LogP contribution is -2.47. The minimum atomic E-state index is -0.803. The van der Waals surface area contributed by atoms with Gasteiger partial charge in [0.1, 0.15) is 16.9 Å². The van der Waals surface area contributed by atoms with Crippen LogP contribution in [0.4, 0.5) is 15.2 Å². The number of hydrogen-bond acceptors (Lipinski definition) is 6. The molecule has 0 radical (unpaired) electrons. The monoisotopic (exact) mass is 455 g/mol. The van der Waals surface area contributed by atoms with Crippen LogP contribution in [0.15, 0.2) is 48.5 Å². The Morgan fingerprint density at radius 1 is 1.12 bits per heavy atom. The van der Waals surface area contributed by atoms with Gasteiger partial charge < -0.3 is 10.2 Å². The number of nitrogens with one attached hydrogen (secondary N) is 2. The maximum absolute atomic E-state index is 13.5. The Hall–Kier alpha value is -3.33. The Balaban J connectivity index is 1.72. The normalized spacial score (nSPS) is 12.7. The third kappa shape index (κ3) is 5.67. The first-order valence-electron chi connectivity index (χ1n) is 10.3. The second-order valence-corrected chi connectivity index (χ2v) is 8.67. The second kappa shape index (κ2) is 10.3. The molecule has 0 saturated heterocycles. The molecule has 3 aromatic rings. The van der Waals surface area contributed by atoms with E-state index in [9.17, 15) is 14.0 Å². The van der Waals surface area contributed by atoms with Crippen molar-refractivity contribution in [1.29, 1.82) is 0 Å². The van der Waals surface area contributed by atoms with Crippen LogP contribution in [-0.2, 0) is 4.79 Å². The maximum atomic E-state index is 13.5. The van der Waals surface area contributed by atoms with E-state index < -0.39 is 23.7 Å². The topological polar surface area (TPSA) is 87.2 Å². The zero-order valence-electron chi connectivity index (χ0n) is 18.4. The van der Waals surface area contributed by atoms with Gasteiger partial charge in [-0.3, -0.25) is 14.9 Å². The predicted octanol–water partition coefficient (Wildman–Crippen LogP) is 4.19. The number of aromatic nitrogens is 2. The summed E-state index contributed by atoms with van der Waals surface area (Å²) in [5, 5.41) is 14.7. The Morgan fingerprint density at radius 3 is 2.47 bits per heavy atom. The van der Waals surface area contributed by atoms with Gasteiger partial charge in [0, 0.05) is 30.9 Å². The van der Waals surface area contributed by atoms with Gasteiger partial charge in [-0.25, -0.2) is 4.39 Å². The minimum Gasteiger partial charge on any atom is -0.378 e. The van der Waals surface area contributed by atoms with Crippen molar-refractivity contribution in [3.63, 3.8) is 0 Å². The fraction of sp³-hybridized carbons (Fsp3) is 0.304. The number of carbonyl (C=O) groups excluding carboxylic acids is 2. The third-order valence-corrected chi connectivity index (χ3v) is 6.04. The molecule has 2 atom stereocenters. The van der Waals surface area contributed by atoms with Crippen LogP contribution >= 0.6 is 11.3 Å². The molecule has 0 aliphatic heterocycles. The van der Waals surface area contributed by atoms with Gasteiger partial charge in [0.25, 0.3) is 5.91 Å². The Kier molecular flexibility index (Phi) is 7.53. The molecule has 32 heavy (non-hydrogen) atoms. The molecule has 2 amide bonds. The fourth-order valence-corrected chi connectivity index (χ4v) is 3.78. The summed E-state index contributed by atoms with van der Waals surface area (Å²) in [5.74, 6) is -1.56. The second-order valence-electron chi connectivity index (χ2n) is 7.69.